The summed E-state index contributed by atoms with van der Waals surface area (Å²) in [5, 5.41) is 7.99. The van der Waals surface area contributed by atoms with Crippen LogP contribution >= 0.6 is 0 Å². The summed E-state index contributed by atoms with van der Waals surface area (Å²) in [5.41, 5.74) is 0.932. The molecule has 0 saturated carbocycles. The highest BCUT2D eigenvalue weighted by Crippen LogP contribution is 2.39. The van der Waals surface area contributed by atoms with Gasteiger partial charge in [0, 0.05) is 26.2 Å². The molecular weight excluding hydrogens is 480 g/mol. The summed E-state index contributed by atoms with van der Waals surface area (Å²) < 4.78 is 84.9. The van der Waals surface area contributed by atoms with Crippen LogP contribution in [0.3, 0.4) is 0 Å². The maximum absolute atomic E-state index is 13.3. The molecule has 0 saturated heterocycles. The van der Waals surface area contributed by atoms with E-state index in [0.717, 1.165) is 16.8 Å². The molecule has 35 heavy (non-hydrogen) atoms. The molecule has 0 bridgehead atoms. The van der Waals surface area contributed by atoms with Crippen LogP contribution in [0.4, 0.5) is 26.3 Å². The number of alkyl halides is 6. The Morgan fingerprint density at radius 1 is 1.06 bits per heavy atom. The van der Waals surface area contributed by atoms with E-state index in [1.807, 2.05) is 0 Å². The summed E-state index contributed by atoms with van der Waals surface area (Å²) in [6, 6.07) is 4.21. The van der Waals surface area contributed by atoms with Crippen LogP contribution in [0.5, 0.6) is 5.75 Å². The number of benzene rings is 1. The summed E-state index contributed by atoms with van der Waals surface area (Å²) in [6.45, 7) is 3.36. The van der Waals surface area contributed by atoms with Crippen molar-refractivity contribution >= 4 is 5.91 Å². The molecule has 0 radical (unpaired) electrons. The molecular formula is C22H21F6N5O2. The van der Waals surface area contributed by atoms with E-state index in [9.17, 15) is 31.1 Å². The lowest BCUT2D eigenvalue weighted by molar-refractivity contribution is -0.274. The molecule has 3 heterocycles. The van der Waals surface area contributed by atoms with Gasteiger partial charge in [-0.15, -0.1) is 13.2 Å². The van der Waals surface area contributed by atoms with E-state index < -0.39 is 35.9 Å². The second-order valence-electron chi connectivity index (χ2n) is 8.34. The van der Waals surface area contributed by atoms with Crippen molar-refractivity contribution in [3.05, 3.63) is 52.3 Å². The van der Waals surface area contributed by atoms with Crippen LogP contribution < -0.4 is 4.74 Å². The first-order valence-electron chi connectivity index (χ1n) is 10.5. The molecule has 1 atom stereocenters. The fourth-order valence-electron chi connectivity index (χ4n) is 4.34. The standard InChI is InChI=1S/C22H21F6N5O2/c1-11-5-6-13(16(9-11)35-22(26,27)28)20(34)33-8-7-14-18(12(33)2)30-32(4)19(14)15-10-17(21(23,24)25)29-31(15)3/h5-6,9-10,12H,7-8H2,1-4H3. The van der Waals surface area contributed by atoms with Crippen molar-refractivity contribution in [2.45, 2.75) is 38.8 Å². The van der Waals surface area contributed by atoms with Gasteiger partial charge >= 0.3 is 12.5 Å². The minimum Gasteiger partial charge on any atom is -0.405 e. The summed E-state index contributed by atoms with van der Waals surface area (Å²) in [4.78, 5) is 14.6. The number of hydrogen-bond donors (Lipinski definition) is 0. The molecule has 1 aromatic carbocycles. The Kier molecular flexibility index (Phi) is 5.84. The van der Waals surface area contributed by atoms with Crippen molar-refractivity contribution < 1.29 is 35.9 Å². The number of amides is 1. The average Bonchev–Trinajstić information content (AvgIpc) is 3.26. The number of aryl methyl sites for hydroxylation is 3. The fourth-order valence-corrected chi connectivity index (χ4v) is 4.34. The van der Waals surface area contributed by atoms with Crippen molar-refractivity contribution in [2.75, 3.05) is 6.54 Å². The van der Waals surface area contributed by atoms with E-state index >= 15 is 0 Å². The predicted molar refractivity (Wildman–Crippen MR) is 111 cm³/mol. The highest BCUT2D eigenvalue weighted by atomic mass is 19.4. The fraction of sp³-hybridized carbons (Fsp3) is 0.409. The number of aromatic nitrogens is 4. The van der Waals surface area contributed by atoms with Crippen LogP contribution in [0.15, 0.2) is 24.3 Å². The Morgan fingerprint density at radius 3 is 2.34 bits per heavy atom. The number of halogens is 6. The summed E-state index contributed by atoms with van der Waals surface area (Å²) in [7, 11) is 2.97. The van der Waals surface area contributed by atoms with Crippen LogP contribution in [0.2, 0.25) is 0 Å². The number of carbonyl (C=O) groups excluding carboxylic acids is 1. The third kappa shape index (κ3) is 4.58. The Bertz CT molecular complexity index is 1290. The molecule has 2 aromatic heterocycles. The van der Waals surface area contributed by atoms with Gasteiger partial charge < -0.3 is 9.64 Å². The van der Waals surface area contributed by atoms with Crippen molar-refractivity contribution in [3.63, 3.8) is 0 Å². The van der Waals surface area contributed by atoms with Gasteiger partial charge in [0.15, 0.2) is 5.69 Å². The first-order chi connectivity index (χ1) is 16.2. The van der Waals surface area contributed by atoms with E-state index in [-0.39, 0.29) is 24.2 Å². The molecule has 1 amide bonds. The molecule has 1 aliphatic rings. The van der Waals surface area contributed by atoms with Crippen LogP contribution in [-0.2, 0) is 26.7 Å². The summed E-state index contributed by atoms with van der Waals surface area (Å²) in [5.74, 6) is -1.27. The molecule has 7 nitrogen and oxygen atoms in total. The van der Waals surface area contributed by atoms with Crippen LogP contribution in [0.25, 0.3) is 11.4 Å². The normalized spacial score (nSPS) is 16.4. The summed E-state index contributed by atoms with van der Waals surface area (Å²) in [6.07, 6.45) is -9.35. The number of rotatable bonds is 3. The van der Waals surface area contributed by atoms with Crippen molar-refractivity contribution in [1.29, 1.82) is 0 Å². The second kappa shape index (κ2) is 8.31. The highest BCUT2D eigenvalue weighted by Gasteiger charge is 2.39. The van der Waals surface area contributed by atoms with E-state index in [4.69, 9.17) is 0 Å². The Hall–Kier alpha value is -3.51. The van der Waals surface area contributed by atoms with Gasteiger partial charge in [-0.3, -0.25) is 14.2 Å². The lowest BCUT2D eigenvalue weighted by atomic mass is 9.96. The van der Waals surface area contributed by atoms with Crippen LogP contribution in [-0.4, -0.2) is 43.3 Å². The molecule has 4 rings (SSSR count). The Morgan fingerprint density at radius 2 is 1.74 bits per heavy atom. The SMILES string of the molecule is Cc1ccc(C(=O)N2CCc3c(nn(C)c3-c3cc(C(F)(F)F)nn3C)C2C)c(OC(F)(F)F)c1. The molecule has 0 fully saturated rings. The van der Waals surface area contributed by atoms with Gasteiger partial charge in [0.2, 0.25) is 0 Å². The van der Waals surface area contributed by atoms with Gasteiger partial charge in [-0.2, -0.15) is 23.4 Å². The zero-order chi connectivity index (χ0) is 25.9. The van der Waals surface area contributed by atoms with Gasteiger partial charge in [0.1, 0.15) is 5.75 Å². The molecule has 0 spiro atoms. The maximum atomic E-state index is 13.3. The minimum atomic E-state index is -4.97. The monoisotopic (exact) mass is 501 g/mol. The number of carbonyl (C=O) groups is 1. The van der Waals surface area contributed by atoms with E-state index in [0.29, 0.717) is 22.5 Å². The number of nitrogens with zero attached hydrogens (tertiary/aromatic N) is 5. The first-order valence-corrected chi connectivity index (χ1v) is 10.5. The lowest BCUT2D eigenvalue weighted by Crippen LogP contribution is -2.39. The molecule has 188 valence electrons. The van der Waals surface area contributed by atoms with E-state index in [1.165, 1.54) is 28.8 Å². The smallest absolute Gasteiger partial charge is 0.405 e. The molecule has 0 N–H and O–H groups in total. The van der Waals surface area contributed by atoms with Gasteiger partial charge in [-0.1, -0.05) is 6.07 Å². The van der Waals surface area contributed by atoms with Crippen LogP contribution in [0, 0.1) is 6.92 Å². The average molecular weight is 501 g/mol. The minimum absolute atomic E-state index is 0.120. The van der Waals surface area contributed by atoms with Gasteiger partial charge in [0.05, 0.1) is 28.7 Å². The highest BCUT2D eigenvalue weighted by molar-refractivity contribution is 5.97. The second-order valence-corrected chi connectivity index (χ2v) is 8.34. The lowest BCUT2D eigenvalue weighted by Gasteiger charge is -2.33. The topological polar surface area (TPSA) is 65.2 Å². The van der Waals surface area contributed by atoms with Gasteiger partial charge in [-0.25, -0.2) is 0 Å². The zero-order valence-electron chi connectivity index (χ0n) is 19.1. The summed E-state index contributed by atoms with van der Waals surface area (Å²) >= 11 is 0. The Labute approximate surface area is 195 Å². The third-order valence-corrected chi connectivity index (χ3v) is 5.91. The van der Waals surface area contributed by atoms with E-state index in [2.05, 4.69) is 14.9 Å². The first kappa shape index (κ1) is 24.6. The van der Waals surface area contributed by atoms with Gasteiger partial charge in [-0.05, 0) is 44.0 Å². The largest absolute Gasteiger partial charge is 0.573 e. The van der Waals surface area contributed by atoms with E-state index in [1.54, 1.807) is 20.9 Å². The maximum Gasteiger partial charge on any atom is 0.573 e. The van der Waals surface area contributed by atoms with Crippen molar-refractivity contribution in [1.82, 2.24) is 24.5 Å². The quantitative estimate of drug-likeness (QED) is 0.484. The number of hydrogen-bond acceptors (Lipinski definition) is 4. The van der Waals surface area contributed by atoms with Crippen LogP contribution in [0.1, 0.15) is 45.8 Å². The molecule has 13 heteroatoms. The third-order valence-electron chi connectivity index (χ3n) is 5.91. The van der Waals surface area contributed by atoms with Gasteiger partial charge in [0.25, 0.3) is 5.91 Å². The molecule has 1 unspecified atom stereocenters. The van der Waals surface area contributed by atoms with Crippen molar-refractivity contribution in [3.8, 4) is 17.1 Å². The predicted octanol–water partition coefficient (Wildman–Crippen LogP) is 4.81. The molecule has 3 aromatic rings. The number of fused-ring (bicyclic) bond motifs is 1. The number of ether oxygens (including phenoxy) is 1. The molecule has 0 aliphatic carbocycles. The molecule has 1 aliphatic heterocycles. The van der Waals surface area contributed by atoms with Crippen molar-refractivity contribution in [2.24, 2.45) is 14.1 Å². The zero-order valence-corrected chi connectivity index (χ0v) is 19.1. The Balaban J connectivity index is 1.70.